The summed E-state index contributed by atoms with van der Waals surface area (Å²) in [5, 5.41) is 13.9. The van der Waals surface area contributed by atoms with Gasteiger partial charge in [0.1, 0.15) is 5.82 Å². The first-order valence-electron chi connectivity index (χ1n) is 7.35. The van der Waals surface area contributed by atoms with Crippen LogP contribution in [0.15, 0.2) is 18.3 Å². The van der Waals surface area contributed by atoms with Gasteiger partial charge in [0.2, 0.25) is 0 Å². The molecule has 2 rings (SSSR count). The molecule has 21 heavy (non-hydrogen) atoms. The van der Waals surface area contributed by atoms with E-state index in [-0.39, 0.29) is 17.3 Å². The highest BCUT2D eigenvalue weighted by molar-refractivity contribution is 5.93. The second kappa shape index (κ2) is 5.73. The van der Waals surface area contributed by atoms with Gasteiger partial charge in [-0.2, -0.15) is 0 Å². The minimum atomic E-state index is -0.812. The summed E-state index contributed by atoms with van der Waals surface area (Å²) in [5.41, 5.74) is -0.525. The Morgan fingerprint density at radius 2 is 2.24 bits per heavy atom. The Morgan fingerprint density at radius 3 is 2.71 bits per heavy atom. The van der Waals surface area contributed by atoms with Crippen LogP contribution >= 0.6 is 0 Å². The van der Waals surface area contributed by atoms with Gasteiger partial charge in [-0.25, -0.2) is 4.98 Å². The third-order valence-corrected chi connectivity index (χ3v) is 4.63. The van der Waals surface area contributed by atoms with Crippen molar-refractivity contribution in [1.82, 2.24) is 4.98 Å². The smallest absolute Gasteiger partial charge is 0.161 e. The zero-order chi connectivity index (χ0) is 15.7. The maximum atomic E-state index is 11.2. The summed E-state index contributed by atoms with van der Waals surface area (Å²) < 4.78 is 5.64. The molecule has 0 amide bonds. The molecule has 0 aliphatic heterocycles. The molecule has 5 heteroatoms. The Bertz CT molecular complexity index is 513. The first-order valence-corrected chi connectivity index (χ1v) is 7.35. The first kappa shape index (κ1) is 15.9. The molecule has 1 aromatic heterocycles. The fourth-order valence-electron chi connectivity index (χ4n) is 2.71. The lowest BCUT2D eigenvalue weighted by Gasteiger charge is -2.58. The number of carbonyl (C=O) groups is 1. The number of aliphatic hydroxyl groups is 1. The summed E-state index contributed by atoms with van der Waals surface area (Å²) in [6, 6.07) is 3.49. The standard InChI is InChI=1S/C16H24N2O3/c1-5-21-13-8-16(20,15(13,3)4)10-18-14-7-6-12(9-17-14)11(2)19/h6-7,9,13,20H,5,8,10H2,1-4H3,(H,17,18). The maximum absolute atomic E-state index is 11.2. The van der Waals surface area contributed by atoms with Gasteiger partial charge in [-0.05, 0) is 26.0 Å². The molecule has 1 heterocycles. The van der Waals surface area contributed by atoms with Crippen LogP contribution in [-0.2, 0) is 4.74 Å². The van der Waals surface area contributed by atoms with Crippen molar-refractivity contribution in [3.63, 3.8) is 0 Å². The number of aromatic nitrogens is 1. The highest BCUT2D eigenvalue weighted by Crippen LogP contribution is 2.51. The molecule has 116 valence electrons. The number of rotatable bonds is 6. The molecule has 0 bridgehead atoms. The molecule has 1 aliphatic carbocycles. The molecule has 2 atom stereocenters. The molecule has 1 fully saturated rings. The van der Waals surface area contributed by atoms with Gasteiger partial charge >= 0.3 is 0 Å². The van der Waals surface area contributed by atoms with Gasteiger partial charge < -0.3 is 15.2 Å². The molecule has 0 radical (unpaired) electrons. The second-order valence-corrected chi connectivity index (χ2v) is 6.24. The molecule has 1 aromatic rings. The summed E-state index contributed by atoms with van der Waals surface area (Å²) in [7, 11) is 0. The van der Waals surface area contributed by atoms with E-state index in [9.17, 15) is 9.90 Å². The van der Waals surface area contributed by atoms with E-state index in [1.807, 2.05) is 20.8 Å². The minimum absolute atomic E-state index is 0.00707. The lowest BCUT2D eigenvalue weighted by atomic mass is 9.56. The lowest BCUT2D eigenvalue weighted by Crippen LogP contribution is -2.67. The van der Waals surface area contributed by atoms with Gasteiger partial charge in [0, 0.05) is 36.7 Å². The van der Waals surface area contributed by atoms with Crippen LogP contribution < -0.4 is 5.32 Å². The Morgan fingerprint density at radius 1 is 1.52 bits per heavy atom. The average molecular weight is 292 g/mol. The molecule has 2 N–H and O–H groups in total. The zero-order valence-electron chi connectivity index (χ0n) is 13.1. The lowest BCUT2D eigenvalue weighted by molar-refractivity contribution is -0.233. The van der Waals surface area contributed by atoms with Crippen LogP contribution in [0.5, 0.6) is 0 Å². The van der Waals surface area contributed by atoms with E-state index in [0.29, 0.717) is 31.0 Å². The minimum Gasteiger partial charge on any atom is -0.387 e. The van der Waals surface area contributed by atoms with Gasteiger partial charge in [-0.15, -0.1) is 0 Å². The number of carbonyl (C=O) groups excluding carboxylic acids is 1. The van der Waals surface area contributed by atoms with Crippen LogP contribution in [0.25, 0.3) is 0 Å². The molecule has 0 saturated heterocycles. The van der Waals surface area contributed by atoms with Crippen molar-refractivity contribution in [2.75, 3.05) is 18.5 Å². The van der Waals surface area contributed by atoms with E-state index in [1.165, 1.54) is 6.92 Å². The van der Waals surface area contributed by atoms with Crippen molar-refractivity contribution in [3.05, 3.63) is 23.9 Å². The Kier molecular flexibility index (Phi) is 4.35. The quantitative estimate of drug-likeness (QED) is 0.787. The molecule has 5 nitrogen and oxygen atoms in total. The Balaban J connectivity index is 1.95. The second-order valence-electron chi connectivity index (χ2n) is 6.24. The number of nitrogens with zero attached hydrogens (tertiary/aromatic N) is 1. The van der Waals surface area contributed by atoms with Gasteiger partial charge in [-0.1, -0.05) is 13.8 Å². The zero-order valence-corrected chi connectivity index (χ0v) is 13.1. The van der Waals surface area contributed by atoms with Crippen LogP contribution in [0.2, 0.25) is 0 Å². The molecule has 1 aliphatic rings. The van der Waals surface area contributed by atoms with Crippen molar-refractivity contribution in [1.29, 1.82) is 0 Å². The number of pyridine rings is 1. The summed E-state index contributed by atoms with van der Waals surface area (Å²) in [5.74, 6) is 0.649. The number of hydrogen-bond donors (Lipinski definition) is 2. The topological polar surface area (TPSA) is 71.5 Å². The number of Topliss-reactive ketones (excluding diaryl/α,β-unsaturated/α-hetero) is 1. The maximum Gasteiger partial charge on any atom is 0.161 e. The monoisotopic (exact) mass is 292 g/mol. The first-order chi connectivity index (χ1) is 9.80. The Hall–Kier alpha value is -1.46. The van der Waals surface area contributed by atoms with Crippen LogP contribution in [0.1, 0.15) is 44.5 Å². The predicted octanol–water partition coefficient (Wildman–Crippen LogP) is 2.26. The average Bonchev–Trinajstić information content (AvgIpc) is 2.45. The Labute approximate surface area is 125 Å². The highest BCUT2D eigenvalue weighted by atomic mass is 16.5. The summed E-state index contributed by atoms with van der Waals surface area (Å²) in [6.45, 7) is 8.58. The third kappa shape index (κ3) is 2.94. The summed E-state index contributed by atoms with van der Waals surface area (Å²) in [6.07, 6.45) is 2.25. The number of ether oxygens (including phenoxy) is 1. The van der Waals surface area contributed by atoms with E-state index < -0.39 is 5.60 Å². The predicted molar refractivity (Wildman–Crippen MR) is 81.5 cm³/mol. The molecular weight excluding hydrogens is 268 g/mol. The normalized spacial score (nSPS) is 27.0. The number of anilines is 1. The van der Waals surface area contributed by atoms with Crippen molar-refractivity contribution < 1.29 is 14.6 Å². The van der Waals surface area contributed by atoms with Crippen LogP contribution in [-0.4, -0.2) is 40.7 Å². The van der Waals surface area contributed by atoms with Gasteiger partial charge in [0.25, 0.3) is 0 Å². The van der Waals surface area contributed by atoms with E-state index in [0.717, 1.165) is 0 Å². The van der Waals surface area contributed by atoms with Crippen LogP contribution in [0.3, 0.4) is 0 Å². The molecular formula is C16H24N2O3. The van der Waals surface area contributed by atoms with Gasteiger partial charge in [-0.3, -0.25) is 4.79 Å². The fourth-order valence-corrected chi connectivity index (χ4v) is 2.71. The van der Waals surface area contributed by atoms with E-state index in [2.05, 4.69) is 10.3 Å². The van der Waals surface area contributed by atoms with Gasteiger partial charge in [0.15, 0.2) is 5.78 Å². The van der Waals surface area contributed by atoms with E-state index in [1.54, 1.807) is 18.3 Å². The largest absolute Gasteiger partial charge is 0.387 e. The van der Waals surface area contributed by atoms with Crippen molar-refractivity contribution in [3.8, 4) is 0 Å². The SMILES string of the molecule is CCOC1CC(O)(CNc2ccc(C(C)=O)cn2)C1(C)C. The summed E-state index contributed by atoms with van der Waals surface area (Å²) in [4.78, 5) is 15.4. The van der Waals surface area contributed by atoms with Crippen molar-refractivity contribution >= 4 is 11.6 Å². The number of hydrogen-bond acceptors (Lipinski definition) is 5. The van der Waals surface area contributed by atoms with Gasteiger partial charge in [0.05, 0.1) is 11.7 Å². The van der Waals surface area contributed by atoms with E-state index >= 15 is 0 Å². The highest BCUT2D eigenvalue weighted by Gasteiger charge is 2.59. The van der Waals surface area contributed by atoms with Crippen molar-refractivity contribution in [2.45, 2.75) is 45.8 Å². The molecule has 0 aromatic carbocycles. The van der Waals surface area contributed by atoms with Crippen LogP contribution in [0.4, 0.5) is 5.82 Å². The van der Waals surface area contributed by atoms with Crippen LogP contribution in [0, 0.1) is 5.41 Å². The third-order valence-electron chi connectivity index (χ3n) is 4.63. The van der Waals surface area contributed by atoms with Crippen molar-refractivity contribution in [2.24, 2.45) is 5.41 Å². The molecule has 0 spiro atoms. The number of nitrogens with one attached hydrogen (secondary N) is 1. The number of ketones is 1. The summed E-state index contributed by atoms with van der Waals surface area (Å²) >= 11 is 0. The molecule has 1 saturated carbocycles. The van der Waals surface area contributed by atoms with E-state index in [4.69, 9.17) is 4.74 Å². The fraction of sp³-hybridized carbons (Fsp3) is 0.625. The molecule has 2 unspecified atom stereocenters.